The first-order chi connectivity index (χ1) is 20.9. The van der Waals surface area contributed by atoms with E-state index in [2.05, 4.69) is 17.5 Å². The van der Waals surface area contributed by atoms with Crippen molar-refractivity contribution in [3.8, 4) is 0 Å². The fourth-order valence-electron chi connectivity index (χ4n) is 6.95. The lowest BCUT2D eigenvalue weighted by molar-refractivity contribution is -0.134. The molecule has 1 N–H and O–H groups in total. The van der Waals surface area contributed by atoms with Gasteiger partial charge in [-0.1, -0.05) is 37.1 Å². The number of ether oxygens (including phenoxy) is 2. The molecule has 0 unspecified atom stereocenters. The highest BCUT2D eigenvalue weighted by Gasteiger charge is 2.62. The van der Waals surface area contributed by atoms with E-state index in [4.69, 9.17) is 14.5 Å². The number of hydrogen-bond donors (Lipinski definition) is 1. The Bertz CT molecular complexity index is 1420. The lowest BCUT2D eigenvalue weighted by Gasteiger charge is -2.30. The van der Waals surface area contributed by atoms with Crippen LogP contribution in [0.2, 0.25) is 0 Å². The predicted octanol–water partition coefficient (Wildman–Crippen LogP) is 4.83. The van der Waals surface area contributed by atoms with Crippen LogP contribution in [0, 0.1) is 11.7 Å². The molecule has 10 nitrogen and oxygen atoms in total. The Morgan fingerprint density at radius 2 is 1.95 bits per heavy atom. The van der Waals surface area contributed by atoms with Gasteiger partial charge in [-0.25, -0.2) is 14.0 Å². The molecule has 4 heterocycles. The Labute approximate surface area is 257 Å². The van der Waals surface area contributed by atoms with Crippen molar-refractivity contribution in [3.05, 3.63) is 47.3 Å². The van der Waals surface area contributed by atoms with E-state index in [1.165, 1.54) is 11.0 Å². The van der Waals surface area contributed by atoms with Crippen LogP contribution in [-0.2, 0) is 32.2 Å². The quantitative estimate of drug-likeness (QED) is 0.481. The Kier molecular flexibility index (Phi) is 8.00. The molecule has 1 aromatic carbocycles. The topological polar surface area (TPSA) is 118 Å². The number of nitrogens with zero attached hydrogens (tertiary/aromatic N) is 3. The number of hydrogen-bond acceptors (Lipinski definition) is 7. The van der Waals surface area contributed by atoms with Gasteiger partial charge in [-0.2, -0.15) is 0 Å². The largest absolute Gasteiger partial charge is 0.444 e. The molecule has 6 rings (SSSR count). The summed E-state index contributed by atoms with van der Waals surface area (Å²) in [7, 11) is 0. The van der Waals surface area contributed by atoms with Crippen molar-refractivity contribution in [2.75, 3.05) is 6.54 Å². The first-order valence-corrected chi connectivity index (χ1v) is 15.7. The van der Waals surface area contributed by atoms with Gasteiger partial charge in [0.05, 0.1) is 19.1 Å². The van der Waals surface area contributed by atoms with Gasteiger partial charge in [-0.15, -0.1) is 0 Å². The summed E-state index contributed by atoms with van der Waals surface area (Å²) in [5.74, 6) is -0.547. The number of amides is 3. The average molecular weight is 609 g/mol. The first-order valence-electron chi connectivity index (χ1n) is 15.7. The number of carbonyl (C=O) groups is 4. The Morgan fingerprint density at radius 3 is 2.73 bits per heavy atom. The number of fused-ring (bicyclic) bond motifs is 3. The van der Waals surface area contributed by atoms with Gasteiger partial charge < -0.3 is 19.7 Å². The van der Waals surface area contributed by atoms with Crippen molar-refractivity contribution in [1.82, 2.24) is 15.1 Å². The molecule has 1 saturated carbocycles. The van der Waals surface area contributed by atoms with Crippen molar-refractivity contribution in [3.63, 3.8) is 0 Å². The summed E-state index contributed by atoms with van der Waals surface area (Å²) >= 11 is 0. The van der Waals surface area contributed by atoms with E-state index >= 15 is 0 Å². The van der Waals surface area contributed by atoms with Gasteiger partial charge in [0.1, 0.15) is 29.1 Å². The third-order valence-electron chi connectivity index (χ3n) is 9.26. The van der Waals surface area contributed by atoms with E-state index < -0.39 is 41.5 Å². The summed E-state index contributed by atoms with van der Waals surface area (Å²) < 4.78 is 25.7. The molecule has 1 spiro atoms. The van der Waals surface area contributed by atoms with Crippen LogP contribution in [0.4, 0.5) is 14.0 Å². The molecular weight excluding hydrogens is 567 g/mol. The van der Waals surface area contributed by atoms with Crippen molar-refractivity contribution in [1.29, 1.82) is 0 Å². The molecule has 0 radical (unpaired) electrons. The maximum Gasteiger partial charge on any atom is 0.410 e. The molecule has 3 amide bonds. The minimum absolute atomic E-state index is 0.0578. The molecule has 4 aliphatic heterocycles. The Morgan fingerprint density at radius 1 is 1.14 bits per heavy atom. The van der Waals surface area contributed by atoms with Gasteiger partial charge in [0.15, 0.2) is 5.78 Å². The average Bonchev–Trinajstić information content (AvgIpc) is 3.24. The summed E-state index contributed by atoms with van der Waals surface area (Å²) in [6, 6.07) is 3.39. The second-order valence-electron chi connectivity index (χ2n) is 13.7. The number of rotatable bonds is 2. The standard InChI is InChI=1S/C33H41FN4O6/c1-32(2,3)44-30(41)35-25-13-8-6-4-5-7-11-21-16-33(21)28(39)15-26(36-33)27-14-22(18-38(27)29(25)40)43-31(42)37-17-20-10-9-12-24(34)23(20)19-37/h7,9-12,21-22,25,27H,4-6,8,13-19H2,1-3H3,(H,35,41)/b11-7-/t21-,22+,25-,27-,33+/m0/s1. The predicted molar refractivity (Wildman–Crippen MR) is 159 cm³/mol. The van der Waals surface area contributed by atoms with Gasteiger partial charge >= 0.3 is 12.2 Å². The number of allylic oxidation sites excluding steroid dienone is 1. The van der Waals surface area contributed by atoms with Gasteiger partial charge in [0, 0.05) is 36.6 Å². The second-order valence-corrected chi connectivity index (χ2v) is 13.7. The van der Waals surface area contributed by atoms with E-state index in [0.29, 0.717) is 24.1 Å². The normalized spacial score (nSPS) is 30.8. The van der Waals surface area contributed by atoms with Crippen molar-refractivity contribution < 1.29 is 33.0 Å². The van der Waals surface area contributed by atoms with E-state index in [1.807, 2.05) is 0 Å². The number of halogens is 1. The number of Topliss-reactive ketones (excluding diaryl/α,β-unsaturated/α-hetero) is 1. The van der Waals surface area contributed by atoms with Gasteiger partial charge in [0.25, 0.3) is 0 Å². The molecule has 11 heteroatoms. The van der Waals surface area contributed by atoms with Gasteiger partial charge in [0.2, 0.25) is 5.91 Å². The summed E-state index contributed by atoms with van der Waals surface area (Å²) in [6.45, 7) is 5.73. The number of carbonyl (C=O) groups excluding carboxylic acids is 4. The van der Waals surface area contributed by atoms with Crippen molar-refractivity contribution in [2.24, 2.45) is 10.9 Å². The maximum atomic E-state index is 14.3. The lowest BCUT2D eigenvalue weighted by atomic mass is 10.0. The minimum Gasteiger partial charge on any atom is -0.444 e. The smallest absolute Gasteiger partial charge is 0.410 e. The van der Waals surface area contributed by atoms with Crippen LogP contribution in [0.5, 0.6) is 0 Å². The molecule has 2 fully saturated rings. The highest BCUT2D eigenvalue weighted by molar-refractivity contribution is 6.16. The molecule has 1 aliphatic carbocycles. The van der Waals surface area contributed by atoms with Gasteiger partial charge in [-0.3, -0.25) is 19.5 Å². The Balaban J connectivity index is 1.24. The third kappa shape index (κ3) is 6.10. The highest BCUT2D eigenvalue weighted by atomic mass is 19.1. The lowest BCUT2D eigenvalue weighted by Crippen LogP contribution is -2.52. The van der Waals surface area contributed by atoms with Crippen molar-refractivity contribution >= 4 is 29.6 Å². The second kappa shape index (κ2) is 11.6. The van der Waals surface area contributed by atoms with Crippen LogP contribution < -0.4 is 5.32 Å². The number of ketones is 1. The van der Waals surface area contributed by atoms with Crippen LogP contribution in [0.1, 0.15) is 83.3 Å². The molecule has 5 aliphatic rings. The summed E-state index contributed by atoms with van der Waals surface area (Å²) in [5.41, 5.74) is 0.353. The minimum atomic E-state index is -0.848. The summed E-state index contributed by atoms with van der Waals surface area (Å²) in [4.78, 5) is 61.5. The van der Waals surface area contributed by atoms with E-state index in [-0.39, 0.29) is 55.9 Å². The van der Waals surface area contributed by atoms with Crippen LogP contribution in [0.3, 0.4) is 0 Å². The summed E-state index contributed by atoms with van der Waals surface area (Å²) in [5, 5.41) is 2.79. The number of alkyl carbamates (subject to hydrolysis) is 1. The Hall–Kier alpha value is -3.76. The van der Waals surface area contributed by atoms with Crippen molar-refractivity contribution in [2.45, 2.75) is 115 Å². The van der Waals surface area contributed by atoms with Gasteiger partial charge in [-0.05, 0) is 58.1 Å². The van der Waals surface area contributed by atoms with Crippen LogP contribution in [-0.4, -0.2) is 75.3 Å². The highest BCUT2D eigenvalue weighted by Crippen LogP contribution is 2.53. The molecule has 2 bridgehead atoms. The zero-order valence-electron chi connectivity index (χ0n) is 25.6. The van der Waals surface area contributed by atoms with E-state index in [0.717, 1.165) is 31.2 Å². The maximum absolute atomic E-state index is 14.3. The van der Waals surface area contributed by atoms with Crippen LogP contribution in [0.25, 0.3) is 0 Å². The summed E-state index contributed by atoms with van der Waals surface area (Å²) in [6.07, 6.45) is 7.25. The molecular formula is C33H41FN4O6. The first kappa shape index (κ1) is 30.3. The number of nitrogens with one attached hydrogen (secondary N) is 1. The fraction of sp³-hybridized carbons (Fsp3) is 0.606. The SMILES string of the molecule is CC(C)(C)OC(=O)N[C@H]1CCCCC/C=C\[C@H]2C[C@@]23N=C(CC3=O)[C@@H]2C[C@@H](OC(=O)N3Cc4cccc(F)c4C3)CN2C1=O. The number of aliphatic imine (C=N–C) groups is 1. The monoisotopic (exact) mass is 608 g/mol. The molecule has 1 saturated heterocycles. The van der Waals surface area contributed by atoms with E-state index in [1.54, 1.807) is 37.8 Å². The molecule has 0 aromatic heterocycles. The zero-order valence-corrected chi connectivity index (χ0v) is 25.6. The van der Waals surface area contributed by atoms with Crippen LogP contribution >= 0.6 is 0 Å². The molecule has 236 valence electrons. The molecule has 1 aromatic rings. The van der Waals surface area contributed by atoms with Crippen LogP contribution in [0.15, 0.2) is 35.3 Å². The number of benzene rings is 1. The fourth-order valence-corrected chi connectivity index (χ4v) is 6.95. The van der Waals surface area contributed by atoms with E-state index in [9.17, 15) is 23.6 Å². The zero-order chi connectivity index (χ0) is 31.2. The molecule has 5 atom stereocenters. The third-order valence-corrected chi connectivity index (χ3v) is 9.26. The molecule has 44 heavy (non-hydrogen) atoms.